The summed E-state index contributed by atoms with van der Waals surface area (Å²) in [7, 11) is -4.27. The number of allylic oxidation sites excluding steroid dienone is 3. The standard InChI is InChI=1S/C45H88NO7P/c1-3-5-7-9-11-13-15-17-19-21-22-23-24-26-28-30-32-34-36-38-45(47)51-42-44(43-53-54(48,49)52-41-39-46)50-40-37-35-33-31-29-27-25-20-18-16-14-12-10-8-6-4-2/h14,16,37,40,44H,3-13,15,17-36,38-39,41-43,46H2,1-2H3,(H,48,49)/t44-/m1/s1. The number of hydrogen-bond acceptors (Lipinski definition) is 7. The summed E-state index contributed by atoms with van der Waals surface area (Å²) in [4.78, 5) is 22.3. The van der Waals surface area contributed by atoms with Crippen LogP contribution in [-0.4, -0.2) is 43.3 Å². The smallest absolute Gasteiger partial charge is 0.472 e. The molecule has 0 rings (SSSR count). The van der Waals surface area contributed by atoms with E-state index in [1.165, 1.54) is 173 Å². The van der Waals surface area contributed by atoms with Gasteiger partial charge in [-0.2, -0.15) is 0 Å². The van der Waals surface area contributed by atoms with E-state index >= 15 is 0 Å². The first-order chi connectivity index (χ1) is 26.4. The maximum Gasteiger partial charge on any atom is 0.472 e. The van der Waals surface area contributed by atoms with Gasteiger partial charge >= 0.3 is 13.8 Å². The second-order valence-electron chi connectivity index (χ2n) is 15.3. The molecule has 0 aliphatic rings. The molecule has 0 aliphatic carbocycles. The molecule has 0 aromatic carbocycles. The summed E-state index contributed by atoms with van der Waals surface area (Å²) in [6.45, 7) is 4.23. The van der Waals surface area contributed by atoms with Crippen LogP contribution >= 0.6 is 7.82 Å². The third kappa shape index (κ3) is 42.0. The van der Waals surface area contributed by atoms with Gasteiger partial charge in [0, 0.05) is 13.0 Å². The lowest BCUT2D eigenvalue weighted by Gasteiger charge is -2.19. The lowest BCUT2D eigenvalue weighted by atomic mass is 10.0. The fourth-order valence-corrected chi connectivity index (χ4v) is 7.27. The molecule has 0 aromatic heterocycles. The van der Waals surface area contributed by atoms with Crippen LogP contribution in [0.15, 0.2) is 24.5 Å². The molecule has 320 valence electrons. The quantitative estimate of drug-likeness (QED) is 0.0206. The molecule has 1 unspecified atom stereocenters. The Hall–Kier alpha value is -1.18. The van der Waals surface area contributed by atoms with Crippen LogP contribution in [0.2, 0.25) is 0 Å². The van der Waals surface area contributed by atoms with Gasteiger partial charge in [-0.25, -0.2) is 4.57 Å². The molecule has 54 heavy (non-hydrogen) atoms. The molecule has 0 fully saturated rings. The van der Waals surface area contributed by atoms with Crippen LogP contribution in [0.1, 0.15) is 226 Å². The average molecular weight is 786 g/mol. The largest absolute Gasteiger partial charge is 0.492 e. The molecule has 0 spiro atoms. The highest BCUT2D eigenvalue weighted by Gasteiger charge is 2.24. The van der Waals surface area contributed by atoms with E-state index in [-0.39, 0.29) is 32.3 Å². The fraction of sp³-hybridized carbons (Fsp3) is 0.889. The summed E-state index contributed by atoms with van der Waals surface area (Å²) in [6, 6.07) is 0. The third-order valence-corrected chi connectivity index (χ3v) is 10.9. The van der Waals surface area contributed by atoms with Gasteiger partial charge in [0.25, 0.3) is 0 Å². The van der Waals surface area contributed by atoms with Crippen LogP contribution in [0.25, 0.3) is 0 Å². The first-order valence-electron chi connectivity index (χ1n) is 22.9. The van der Waals surface area contributed by atoms with Gasteiger partial charge in [-0.15, -0.1) is 0 Å². The lowest BCUT2D eigenvalue weighted by Crippen LogP contribution is -2.25. The van der Waals surface area contributed by atoms with Gasteiger partial charge in [-0.3, -0.25) is 13.8 Å². The summed E-state index contributed by atoms with van der Waals surface area (Å²) in [5.74, 6) is -0.287. The number of phosphoric ester groups is 1. The average Bonchev–Trinajstić information content (AvgIpc) is 3.16. The van der Waals surface area contributed by atoms with Gasteiger partial charge in [-0.1, -0.05) is 187 Å². The van der Waals surface area contributed by atoms with Gasteiger partial charge in [-0.05, 0) is 51.0 Å². The molecular formula is C45H88NO7P. The van der Waals surface area contributed by atoms with E-state index in [2.05, 4.69) is 26.0 Å². The van der Waals surface area contributed by atoms with Crippen molar-refractivity contribution < 1.29 is 32.8 Å². The Labute approximate surface area is 334 Å². The molecule has 0 saturated carbocycles. The molecule has 8 nitrogen and oxygen atoms in total. The molecule has 9 heteroatoms. The minimum atomic E-state index is -4.27. The molecule has 0 bridgehead atoms. The molecular weight excluding hydrogens is 697 g/mol. The maximum absolute atomic E-state index is 12.4. The fourth-order valence-electron chi connectivity index (χ4n) is 6.51. The second kappa shape index (κ2) is 43.0. The molecule has 0 aliphatic heterocycles. The number of esters is 1. The van der Waals surface area contributed by atoms with Crippen molar-refractivity contribution in [3.05, 3.63) is 24.5 Å². The Bertz CT molecular complexity index is 884. The van der Waals surface area contributed by atoms with Crippen molar-refractivity contribution in [1.82, 2.24) is 0 Å². The van der Waals surface area contributed by atoms with Gasteiger partial charge in [0.05, 0.1) is 19.5 Å². The summed E-state index contributed by atoms with van der Waals surface area (Å²) >= 11 is 0. The Morgan fingerprint density at radius 3 is 1.39 bits per heavy atom. The monoisotopic (exact) mass is 786 g/mol. The van der Waals surface area contributed by atoms with Gasteiger partial charge in [0.1, 0.15) is 6.61 Å². The van der Waals surface area contributed by atoms with Crippen LogP contribution in [0, 0.1) is 0 Å². The Morgan fingerprint density at radius 2 is 0.944 bits per heavy atom. The number of phosphoric acid groups is 1. The van der Waals surface area contributed by atoms with E-state index in [0.717, 1.165) is 32.1 Å². The normalized spacial score (nSPS) is 13.6. The van der Waals surface area contributed by atoms with E-state index in [9.17, 15) is 14.3 Å². The molecule has 0 aromatic rings. The number of rotatable bonds is 44. The molecule has 2 atom stereocenters. The van der Waals surface area contributed by atoms with E-state index in [4.69, 9.17) is 24.3 Å². The topological polar surface area (TPSA) is 117 Å². The summed E-state index contributed by atoms with van der Waals surface area (Å²) in [5, 5.41) is 0. The van der Waals surface area contributed by atoms with Crippen molar-refractivity contribution in [1.29, 1.82) is 0 Å². The predicted octanol–water partition coefficient (Wildman–Crippen LogP) is 14.0. The van der Waals surface area contributed by atoms with E-state index in [1.54, 1.807) is 6.26 Å². The summed E-state index contributed by atoms with van der Waals surface area (Å²) < 4.78 is 33.2. The number of nitrogens with two attached hydrogens (primary N) is 1. The van der Waals surface area contributed by atoms with Crippen molar-refractivity contribution in [3.8, 4) is 0 Å². The van der Waals surface area contributed by atoms with Crippen LogP contribution in [0.4, 0.5) is 0 Å². The van der Waals surface area contributed by atoms with Crippen LogP contribution < -0.4 is 5.73 Å². The first kappa shape index (κ1) is 52.8. The zero-order chi connectivity index (χ0) is 39.5. The highest BCUT2D eigenvalue weighted by Crippen LogP contribution is 2.43. The van der Waals surface area contributed by atoms with Gasteiger partial charge in [0.2, 0.25) is 0 Å². The minimum absolute atomic E-state index is 0.0623. The lowest BCUT2D eigenvalue weighted by molar-refractivity contribution is -0.147. The van der Waals surface area contributed by atoms with Crippen LogP contribution in [0.5, 0.6) is 0 Å². The van der Waals surface area contributed by atoms with E-state index in [0.29, 0.717) is 6.42 Å². The molecule has 0 radical (unpaired) electrons. The summed E-state index contributed by atoms with van der Waals surface area (Å²) in [5.41, 5.74) is 5.37. The minimum Gasteiger partial charge on any atom is -0.492 e. The molecule has 3 N–H and O–H groups in total. The van der Waals surface area contributed by atoms with Crippen LogP contribution in [-0.2, 0) is 27.9 Å². The molecule has 0 heterocycles. The second-order valence-corrected chi connectivity index (χ2v) is 16.8. The van der Waals surface area contributed by atoms with Gasteiger partial charge in [0.15, 0.2) is 6.10 Å². The zero-order valence-corrected chi connectivity index (χ0v) is 36.4. The number of carbonyl (C=O) groups excluding carboxylic acids is 1. The molecule has 0 amide bonds. The zero-order valence-electron chi connectivity index (χ0n) is 35.5. The number of carbonyl (C=O) groups is 1. The highest BCUT2D eigenvalue weighted by atomic mass is 31.2. The van der Waals surface area contributed by atoms with Crippen molar-refractivity contribution in [2.75, 3.05) is 26.4 Å². The SMILES string of the molecule is CCCCCCC=CCCCCCCCCC=CO[C@H](COC(=O)CCCCCCCCCCCCCCCCCCCCC)COP(=O)(O)OCCN. The highest BCUT2D eigenvalue weighted by molar-refractivity contribution is 7.47. The first-order valence-corrected chi connectivity index (χ1v) is 24.4. The third-order valence-electron chi connectivity index (χ3n) is 9.96. The number of hydrogen-bond donors (Lipinski definition) is 2. The Kier molecular flexibility index (Phi) is 42.0. The van der Waals surface area contributed by atoms with Crippen LogP contribution in [0.3, 0.4) is 0 Å². The molecule has 0 saturated heterocycles. The number of ether oxygens (including phenoxy) is 2. The maximum atomic E-state index is 12.4. The predicted molar refractivity (Wildman–Crippen MR) is 229 cm³/mol. The summed E-state index contributed by atoms with van der Waals surface area (Å²) in [6.07, 6.45) is 48.7. The van der Waals surface area contributed by atoms with Crippen molar-refractivity contribution in [3.63, 3.8) is 0 Å². The van der Waals surface area contributed by atoms with E-state index < -0.39 is 13.9 Å². The van der Waals surface area contributed by atoms with Crippen molar-refractivity contribution in [2.24, 2.45) is 5.73 Å². The van der Waals surface area contributed by atoms with Crippen molar-refractivity contribution in [2.45, 2.75) is 232 Å². The Morgan fingerprint density at radius 1 is 0.556 bits per heavy atom. The van der Waals surface area contributed by atoms with E-state index in [1.807, 2.05) is 6.08 Å². The Balaban J connectivity index is 4.00. The number of unbranched alkanes of at least 4 members (excludes halogenated alkanes) is 29. The van der Waals surface area contributed by atoms with Gasteiger partial charge < -0.3 is 20.1 Å². The van der Waals surface area contributed by atoms with Crippen molar-refractivity contribution >= 4 is 13.8 Å².